The molecular formula is C12H19BrN2. The molecule has 0 amide bonds. The molecular weight excluding hydrogens is 252 g/mol. The van der Waals surface area contributed by atoms with Gasteiger partial charge in [0.1, 0.15) is 5.82 Å². The lowest BCUT2D eigenvalue weighted by atomic mass is 10.1. The summed E-state index contributed by atoms with van der Waals surface area (Å²) in [6, 6.07) is 2.69. The normalized spacial score (nSPS) is 10.8. The van der Waals surface area contributed by atoms with Crippen LogP contribution in [-0.2, 0) is 0 Å². The zero-order valence-electron chi connectivity index (χ0n) is 9.92. The first kappa shape index (κ1) is 12.5. The minimum atomic E-state index is 0.581. The fourth-order valence-corrected chi connectivity index (χ4v) is 2.36. The van der Waals surface area contributed by atoms with E-state index in [0.717, 1.165) is 23.1 Å². The van der Waals surface area contributed by atoms with E-state index in [1.54, 1.807) is 0 Å². The van der Waals surface area contributed by atoms with Gasteiger partial charge >= 0.3 is 0 Å². The molecule has 0 spiro atoms. The minimum absolute atomic E-state index is 0.581. The molecule has 0 aromatic carbocycles. The summed E-state index contributed by atoms with van der Waals surface area (Å²) in [6.07, 6.45) is 4.18. The van der Waals surface area contributed by atoms with Crippen LogP contribution in [0, 0.1) is 6.92 Å². The van der Waals surface area contributed by atoms with Crippen molar-refractivity contribution in [2.45, 2.75) is 39.7 Å². The Hall–Kier alpha value is -0.570. The van der Waals surface area contributed by atoms with Crippen LogP contribution in [0.2, 0.25) is 0 Å². The van der Waals surface area contributed by atoms with Crippen LogP contribution in [0.1, 0.15) is 32.3 Å². The predicted molar refractivity (Wildman–Crippen MR) is 69.4 cm³/mol. The van der Waals surface area contributed by atoms with Crippen LogP contribution < -0.4 is 4.90 Å². The highest BCUT2D eigenvalue weighted by Crippen LogP contribution is 2.22. The molecule has 1 aromatic heterocycles. The number of hydrogen-bond acceptors (Lipinski definition) is 2. The van der Waals surface area contributed by atoms with E-state index in [2.05, 4.69) is 59.7 Å². The lowest BCUT2D eigenvalue weighted by Crippen LogP contribution is -2.31. The van der Waals surface area contributed by atoms with Crippen molar-refractivity contribution in [1.82, 2.24) is 4.98 Å². The van der Waals surface area contributed by atoms with E-state index in [4.69, 9.17) is 0 Å². The molecule has 0 saturated heterocycles. The number of hydrogen-bond donors (Lipinski definition) is 0. The second kappa shape index (κ2) is 5.50. The molecule has 2 nitrogen and oxygen atoms in total. The highest BCUT2D eigenvalue weighted by Gasteiger charge is 2.14. The Bertz CT molecular complexity index is 321. The Labute approximate surface area is 101 Å². The number of pyridine rings is 1. The molecule has 0 aliphatic heterocycles. The van der Waals surface area contributed by atoms with Crippen molar-refractivity contribution in [2.24, 2.45) is 0 Å². The average molecular weight is 271 g/mol. The summed E-state index contributed by atoms with van der Waals surface area (Å²) in [6.45, 7) is 6.55. The zero-order valence-corrected chi connectivity index (χ0v) is 11.5. The molecule has 0 radical (unpaired) electrons. The fraction of sp³-hybridized carbons (Fsp3) is 0.583. The Morgan fingerprint density at radius 1 is 1.40 bits per heavy atom. The molecule has 15 heavy (non-hydrogen) atoms. The third-order valence-electron chi connectivity index (χ3n) is 2.84. The van der Waals surface area contributed by atoms with Gasteiger partial charge in [-0.2, -0.15) is 0 Å². The van der Waals surface area contributed by atoms with Gasteiger partial charge in [0.05, 0.1) is 0 Å². The summed E-state index contributed by atoms with van der Waals surface area (Å²) in [5.41, 5.74) is 1.22. The number of aromatic nitrogens is 1. The standard InChI is InChI=1S/C12H19BrN2/c1-5-11(6-2)15(4)12-9(3)7-10(13)8-14-12/h7-8,11H,5-6H2,1-4H3. The molecule has 0 aliphatic carbocycles. The van der Waals surface area contributed by atoms with E-state index in [9.17, 15) is 0 Å². The third kappa shape index (κ3) is 2.94. The summed E-state index contributed by atoms with van der Waals surface area (Å²) < 4.78 is 1.04. The van der Waals surface area contributed by atoms with Crippen molar-refractivity contribution < 1.29 is 0 Å². The quantitative estimate of drug-likeness (QED) is 0.828. The van der Waals surface area contributed by atoms with Crippen LogP contribution >= 0.6 is 15.9 Å². The largest absolute Gasteiger partial charge is 0.357 e. The molecule has 0 unspecified atom stereocenters. The number of anilines is 1. The molecule has 0 N–H and O–H groups in total. The molecule has 1 rings (SSSR count). The van der Waals surface area contributed by atoms with Gasteiger partial charge in [-0.1, -0.05) is 13.8 Å². The maximum atomic E-state index is 4.47. The van der Waals surface area contributed by atoms with E-state index in [1.807, 2.05) is 6.20 Å². The third-order valence-corrected chi connectivity index (χ3v) is 3.28. The monoisotopic (exact) mass is 270 g/mol. The van der Waals surface area contributed by atoms with E-state index >= 15 is 0 Å². The lowest BCUT2D eigenvalue weighted by molar-refractivity contribution is 0.585. The Morgan fingerprint density at radius 3 is 2.47 bits per heavy atom. The van der Waals surface area contributed by atoms with Crippen LogP contribution in [0.5, 0.6) is 0 Å². The van der Waals surface area contributed by atoms with Crippen LogP contribution in [0.3, 0.4) is 0 Å². The van der Waals surface area contributed by atoms with Gasteiger partial charge in [0.25, 0.3) is 0 Å². The minimum Gasteiger partial charge on any atom is -0.357 e. The smallest absolute Gasteiger partial charge is 0.131 e. The topological polar surface area (TPSA) is 16.1 Å². The predicted octanol–water partition coefficient (Wildman–Crippen LogP) is 3.78. The Balaban J connectivity index is 2.94. The highest BCUT2D eigenvalue weighted by atomic mass is 79.9. The highest BCUT2D eigenvalue weighted by molar-refractivity contribution is 9.10. The maximum Gasteiger partial charge on any atom is 0.131 e. The first-order valence-corrected chi connectivity index (χ1v) is 6.24. The van der Waals surface area contributed by atoms with Crippen molar-refractivity contribution in [2.75, 3.05) is 11.9 Å². The van der Waals surface area contributed by atoms with Crippen molar-refractivity contribution in [3.63, 3.8) is 0 Å². The van der Waals surface area contributed by atoms with Gasteiger partial charge in [0, 0.05) is 23.8 Å². The van der Waals surface area contributed by atoms with Crippen LogP contribution in [0.25, 0.3) is 0 Å². The molecule has 1 heterocycles. The van der Waals surface area contributed by atoms with Crippen LogP contribution in [0.4, 0.5) is 5.82 Å². The average Bonchev–Trinajstić information content (AvgIpc) is 2.19. The van der Waals surface area contributed by atoms with Crippen molar-refractivity contribution in [3.8, 4) is 0 Å². The number of aryl methyl sites for hydroxylation is 1. The first-order chi connectivity index (χ1) is 7.10. The summed E-state index contributed by atoms with van der Waals surface area (Å²) in [5.74, 6) is 1.09. The van der Waals surface area contributed by atoms with Crippen molar-refractivity contribution in [3.05, 3.63) is 22.3 Å². The van der Waals surface area contributed by atoms with E-state index in [-0.39, 0.29) is 0 Å². The van der Waals surface area contributed by atoms with Crippen molar-refractivity contribution >= 4 is 21.7 Å². The lowest BCUT2D eigenvalue weighted by Gasteiger charge is -2.28. The fourth-order valence-electron chi connectivity index (χ4n) is 1.91. The van der Waals surface area contributed by atoms with Gasteiger partial charge in [-0.3, -0.25) is 0 Å². The maximum absolute atomic E-state index is 4.47. The van der Waals surface area contributed by atoms with Gasteiger partial charge in [0.2, 0.25) is 0 Å². The molecule has 0 bridgehead atoms. The van der Waals surface area contributed by atoms with E-state index < -0.39 is 0 Å². The molecule has 3 heteroatoms. The zero-order chi connectivity index (χ0) is 11.4. The van der Waals surface area contributed by atoms with Crippen molar-refractivity contribution in [1.29, 1.82) is 0 Å². The summed E-state index contributed by atoms with van der Waals surface area (Å²) in [7, 11) is 2.13. The van der Waals surface area contributed by atoms with E-state index in [0.29, 0.717) is 6.04 Å². The second-order valence-electron chi connectivity index (χ2n) is 3.88. The van der Waals surface area contributed by atoms with Crippen LogP contribution in [-0.4, -0.2) is 18.1 Å². The van der Waals surface area contributed by atoms with Gasteiger partial charge in [-0.25, -0.2) is 4.98 Å². The Kier molecular flexibility index (Phi) is 4.58. The number of rotatable bonds is 4. The Morgan fingerprint density at radius 2 is 2.00 bits per heavy atom. The van der Waals surface area contributed by atoms with Crippen LogP contribution in [0.15, 0.2) is 16.7 Å². The summed E-state index contributed by atoms with van der Waals surface area (Å²) in [4.78, 5) is 6.75. The van der Waals surface area contributed by atoms with Gasteiger partial charge in [-0.05, 0) is 47.3 Å². The van der Waals surface area contributed by atoms with Gasteiger partial charge in [0.15, 0.2) is 0 Å². The number of halogens is 1. The van der Waals surface area contributed by atoms with Gasteiger partial charge < -0.3 is 4.90 Å². The molecule has 0 aliphatic rings. The first-order valence-electron chi connectivity index (χ1n) is 5.45. The molecule has 84 valence electrons. The summed E-state index contributed by atoms with van der Waals surface area (Å²) in [5, 5.41) is 0. The van der Waals surface area contributed by atoms with Gasteiger partial charge in [-0.15, -0.1) is 0 Å². The molecule has 0 saturated carbocycles. The molecule has 0 atom stereocenters. The second-order valence-corrected chi connectivity index (χ2v) is 4.79. The summed E-state index contributed by atoms with van der Waals surface area (Å²) >= 11 is 3.44. The van der Waals surface area contributed by atoms with E-state index in [1.165, 1.54) is 5.56 Å². The SMILES string of the molecule is CCC(CC)N(C)c1ncc(Br)cc1C. The molecule has 1 aromatic rings. The number of nitrogens with zero attached hydrogens (tertiary/aromatic N) is 2. The molecule has 0 fully saturated rings.